The Bertz CT molecular complexity index is 755. The van der Waals surface area contributed by atoms with Crippen molar-refractivity contribution in [2.45, 2.75) is 10.9 Å². The summed E-state index contributed by atoms with van der Waals surface area (Å²) in [6, 6.07) is 14.4. The molecule has 0 N–H and O–H groups in total. The summed E-state index contributed by atoms with van der Waals surface area (Å²) < 4.78 is 20.2. The fraction of sp³-hybridized carbons (Fsp3) is 0.118. The molecule has 3 rings (SSSR count). The molecule has 3 aromatic rings. The first-order chi connectivity index (χ1) is 10.8. The quantitative estimate of drug-likeness (QED) is 0.657. The monoisotopic (exact) mass is 314 g/mol. The van der Waals surface area contributed by atoms with Crippen LogP contribution in [0.5, 0.6) is 5.75 Å². The van der Waals surface area contributed by atoms with Crippen molar-refractivity contribution < 1.29 is 9.13 Å². The molecule has 0 amide bonds. The lowest BCUT2D eigenvalue weighted by atomic mass is 10.2. The molecule has 0 spiro atoms. The first-order valence-corrected chi connectivity index (χ1v) is 7.80. The number of hydrogen-bond donors (Lipinski definition) is 0. The van der Waals surface area contributed by atoms with Crippen molar-refractivity contribution >= 4 is 11.8 Å². The van der Waals surface area contributed by atoms with Crippen LogP contribution in [0.2, 0.25) is 0 Å². The summed E-state index contributed by atoms with van der Waals surface area (Å²) in [5, 5.41) is 0.887. The van der Waals surface area contributed by atoms with Gasteiger partial charge in [-0.05, 0) is 29.8 Å². The zero-order valence-electron chi connectivity index (χ0n) is 12.1. The Balaban J connectivity index is 1.78. The molecular weight excluding hydrogens is 299 g/mol. The Labute approximate surface area is 132 Å². The van der Waals surface area contributed by atoms with E-state index < -0.39 is 0 Å². The normalized spacial score (nSPS) is 10.6. The van der Waals surface area contributed by atoms with Gasteiger partial charge in [-0.3, -0.25) is 4.57 Å². The van der Waals surface area contributed by atoms with E-state index in [1.54, 1.807) is 37.2 Å². The van der Waals surface area contributed by atoms with Crippen molar-refractivity contribution in [3.8, 4) is 11.4 Å². The first-order valence-electron chi connectivity index (χ1n) is 6.81. The van der Waals surface area contributed by atoms with Gasteiger partial charge in [0, 0.05) is 24.2 Å². The number of aromatic nitrogens is 2. The lowest BCUT2D eigenvalue weighted by Gasteiger charge is -2.09. The molecule has 5 heteroatoms. The Morgan fingerprint density at radius 3 is 2.77 bits per heavy atom. The topological polar surface area (TPSA) is 27.1 Å². The van der Waals surface area contributed by atoms with E-state index in [0.717, 1.165) is 27.9 Å². The summed E-state index contributed by atoms with van der Waals surface area (Å²) in [4.78, 5) is 4.39. The van der Waals surface area contributed by atoms with Crippen LogP contribution < -0.4 is 4.74 Å². The molecule has 0 radical (unpaired) electrons. The second-order valence-corrected chi connectivity index (χ2v) is 5.64. The maximum Gasteiger partial charge on any atom is 0.172 e. The molecule has 0 saturated carbocycles. The molecule has 0 aliphatic rings. The second kappa shape index (κ2) is 6.66. The maximum atomic E-state index is 12.9. The van der Waals surface area contributed by atoms with E-state index >= 15 is 0 Å². The van der Waals surface area contributed by atoms with Crippen molar-refractivity contribution in [3.63, 3.8) is 0 Å². The maximum absolute atomic E-state index is 12.9. The number of ether oxygens (including phenoxy) is 1. The third kappa shape index (κ3) is 3.31. The van der Waals surface area contributed by atoms with Crippen LogP contribution in [0.3, 0.4) is 0 Å². The minimum atomic E-state index is -0.216. The molecule has 0 atom stereocenters. The Hall–Kier alpha value is -2.27. The van der Waals surface area contributed by atoms with Gasteiger partial charge in [-0.2, -0.15) is 0 Å². The molecule has 112 valence electrons. The van der Waals surface area contributed by atoms with Crippen LogP contribution in [0.25, 0.3) is 5.69 Å². The number of hydrogen-bond acceptors (Lipinski definition) is 3. The molecule has 0 aliphatic carbocycles. The van der Waals surface area contributed by atoms with Crippen LogP contribution in [0, 0.1) is 5.82 Å². The van der Waals surface area contributed by atoms with Gasteiger partial charge in [-0.1, -0.05) is 30.0 Å². The zero-order valence-corrected chi connectivity index (χ0v) is 12.9. The van der Waals surface area contributed by atoms with Gasteiger partial charge in [0.1, 0.15) is 11.6 Å². The Morgan fingerprint density at radius 1 is 1.18 bits per heavy atom. The lowest BCUT2D eigenvalue weighted by molar-refractivity contribution is 0.414. The molecule has 1 aromatic heterocycles. The van der Waals surface area contributed by atoms with Gasteiger partial charge in [-0.25, -0.2) is 9.37 Å². The molecule has 0 fully saturated rings. The van der Waals surface area contributed by atoms with Crippen LogP contribution in [0.15, 0.2) is 66.1 Å². The van der Waals surface area contributed by atoms with Gasteiger partial charge in [0.05, 0.1) is 12.8 Å². The highest BCUT2D eigenvalue weighted by Gasteiger charge is 2.07. The first kappa shape index (κ1) is 14.7. The lowest BCUT2D eigenvalue weighted by Crippen LogP contribution is -1.96. The number of rotatable bonds is 5. The van der Waals surface area contributed by atoms with Gasteiger partial charge in [0.15, 0.2) is 5.16 Å². The van der Waals surface area contributed by atoms with E-state index in [-0.39, 0.29) is 5.82 Å². The summed E-state index contributed by atoms with van der Waals surface area (Å²) in [7, 11) is 1.65. The van der Waals surface area contributed by atoms with Gasteiger partial charge in [0.25, 0.3) is 0 Å². The molecule has 2 aromatic carbocycles. The van der Waals surface area contributed by atoms with E-state index in [0.29, 0.717) is 0 Å². The number of nitrogens with zero attached hydrogens (tertiary/aromatic N) is 2. The van der Waals surface area contributed by atoms with E-state index in [2.05, 4.69) is 4.98 Å². The van der Waals surface area contributed by atoms with E-state index in [1.165, 1.54) is 12.1 Å². The van der Waals surface area contributed by atoms with Crippen molar-refractivity contribution in [1.82, 2.24) is 9.55 Å². The summed E-state index contributed by atoms with van der Waals surface area (Å²) in [6.45, 7) is 0. The molecule has 3 nitrogen and oxygen atoms in total. The summed E-state index contributed by atoms with van der Waals surface area (Å²) in [6.07, 6.45) is 3.69. The number of benzene rings is 2. The minimum Gasteiger partial charge on any atom is -0.497 e. The van der Waals surface area contributed by atoms with Crippen LogP contribution in [0.4, 0.5) is 4.39 Å². The third-order valence-electron chi connectivity index (χ3n) is 3.22. The Kier molecular flexibility index (Phi) is 4.44. The fourth-order valence-electron chi connectivity index (χ4n) is 2.08. The van der Waals surface area contributed by atoms with Crippen molar-refractivity contribution in [1.29, 1.82) is 0 Å². The van der Waals surface area contributed by atoms with E-state index in [4.69, 9.17) is 4.74 Å². The summed E-state index contributed by atoms with van der Waals surface area (Å²) in [5.41, 5.74) is 2.06. The average molecular weight is 314 g/mol. The third-order valence-corrected chi connectivity index (χ3v) is 4.26. The molecule has 0 aliphatic heterocycles. The molecule has 0 saturated heterocycles. The number of imidazole rings is 1. The van der Waals surface area contributed by atoms with Crippen LogP contribution in [-0.4, -0.2) is 16.7 Å². The minimum absolute atomic E-state index is 0.216. The van der Waals surface area contributed by atoms with E-state index in [1.807, 2.05) is 35.0 Å². The zero-order chi connectivity index (χ0) is 15.4. The van der Waals surface area contributed by atoms with E-state index in [9.17, 15) is 4.39 Å². The van der Waals surface area contributed by atoms with Crippen molar-refractivity contribution in [2.75, 3.05) is 7.11 Å². The molecule has 0 unspecified atom stereocenters. The SMILES string of the molecule is COc1cccc(-n2ccnc2SCc2ccc(F)cc2)c1. The highest BCUT2D eigenvalue weighted by molar-refractivity contribution is 7.98. The molecular formula is C17H15FN2OS. The highest BCUT2D eigenvalue weighted by Crippen LogP contribution is 2.25. The van der Waals surface area contributed by atoms with Crippen LogP contribution >= 0.6 is 11.8 Å². The van der Waals surface area contributed by atoms with Crippen LogP contribution in [0.1, 0.15) is 5.56 Å². The van der Waals surface area contributed by atoms with Gasteiger partial charge < -0.3 is 4.74 Å². The number of thioether (sulfide) groups is 1. The fourth-order valence-corrected chi connectivity index (χ4v) is 3.01. The second-order valence-electron chi connectivity index (χ2n) is 4.70. The summed E-state index contributed by atoms with van der Waals surface area (Å²) in [5.74, 6) is 1.33. The van der Waals surface area contributed by atoms with Crippen molar-refractivity contribution in [2.24, 2.45) is 0 Å². The highest BCUT2D eigenvalue weighted by atomic mass is 32.2. The number of halogens is 1. The largest absolute Gasteiger partial charge is 0.497 e. The smallest absolute Gasteiger partial charge is 0.172 e. The molecule has 0 bridgehead atoms. The van der Waals surface area contributed by atoms with Gasteiger partial charge >= 0.3 is 0 Å². The van der Waals surface area contributed by atoms with Gasteiger partial charge in [-0.15, -0.1) is 0 Å². The van der Waals surface area contributed by atoms with Crippen LogP contribution in [-0.2, 0) is 5.75 Å². The molecule has 1 heterocycles. The molecule has 22 heavy (non-hydrogen) atoms. The standard InChI is InChI=1S/C17H15FN2OS/c1-21-16-4-2-3-15(11-16)20-10-9-19-17(20)22-12-13-5-7-14(18)8-6-13/h2-11H,12H2,1H3. The number of methoxy groups -OCH3 is 1. The summed E-state index contributed by atoms with van der Waals surface area (Å²) >= 11 is 1.61. The predicted octanol–water partition coefficient (Wildman–Crippen LogP) is 4.31. The Morgan fingerprint density at radius 2 is 2.00 bits per heavy atom. The van der Waals surface area contributed by atoms with Gasteiger partial charge in [0.2, 0.25) is 0 Å². The van der Waals surface area contributed by atoms with Crippen molar-refractivity contribution in [3.05, 3.63) is 72.3 Å². The predicted molar refractivity (Wildman–Crippen MR) is 86.1 cm³/mol. The average Bonchev–Trinajstić information content (AvgIpc) is 3.03.